The molecule has 0 spiro atoms. The third-order valence-electron chi connectivity index (χ3n) is 2.75. The lowest BCUT2D eigenvalue weighted by molar-refractivity contribution is 0.0526. The second-order valence-electron chi connectivity index (χ2n) is 4.05. The number of hydrogen-bond donors (Lipinski definition) is 1. The third-order valence-corrected chi connectivity index (χ3v) is 2.75. The van der Waals surface area contributed by atoms with Gasteiger partial charge in [0.25, 0.3) is 0 Å². The van der Waals surface area contributed by atoms with Crippen LogP contribution < -0.4 is 5.73 Å². The number of rotatable bonds is 4. The van der Waals surface area contributed by atoms with E-state index in [-0.39, 0.29) is 5.97 Å². The molecule has 0 amide bonds. The zero-order valence-corrected chi connectivity index (χ0v) is 10.8. The van der Waals surface area contributed by atoms with Crippen molar-refractivity contribution in [1.29, 1.82) is 0 Å². The van der Waals surface area contributed by atoms with Crippen molar-refractivity contribution in [2.45, 2.75) is 13.5 Å². The van der Waals surface area contributed by atoms with Crippen LogP contribution in [0.3, 0.4) is 0 Å². The van der Waals surface area contributed by atoms with Crippen molar-refractivity contribution < 1.29 is 9.53 Å². The molecule has 0 saturated heterocycles. The number of hydrogen-bond acceptors (Lipinski definition) is 4. The van der Waals surface area contributed by atoms with Crippen LogP contribution in [0.15, 0.2) is 42.6 Å². The van der Waals surface area contributed by atoms with E-state index < -0.39 is 0 Å². The molecule has 4 heteroatoms. The largest absolute Gasteiger partial charge is 0.462 e. The summed E-state index contributed by atoms with van der Waals surface area (Å²) in [5.74, 6) is -0.308. The molecular formula is C15H16N2O2. The van der Waals surface area contributed by atoms with Crippen LogP contribution in [0.5, 0.6) is 0 Å². The van der Waals surface area contributed by atoms with Crippen molar-refractivity contribution in [3.05, 3.63) is 53.7 Å². The van der Waals surface area contributed by atoms with Crippen LogP contribution in [-0.2, 0) is 11.3 Å². The Morgan fingerprint density at radius 2 is 2.00 bits per heavy atom. The minimum atomic E-state index is -0.308. The first-order valence-electron chi connectivity index (χ1n) is 6.17. The fraction of sp³-hybridized carbons (Fsp3) is 0.200. The maximum Gasteiger partial charge on any atom is 0.338 e. The molecule has 0 bridgehead atoms. The van der Waals surface area contributed by atoms with E-state index in [1.807, 2.05) is 24.3 Å². The maximum atomic E-state index is 11.5. The molecule has 0 fully saturated rings. The van der Waals surface area contributed by atoms with Crippen LogP contribution in [-0.4, -0.2) is 17.6 Å². The van der Waals surface area contributed by atoms with E-state index in [0.717, 1.165) is 16.8 Å². The van der Waals surface area contributed by atoms with Gasteiger partial charge in [-0.1, -0.05) is 12.1 Å². The molecule has 4 nitrogen and oxygen atoms in total. The number of carbonyl (C=O) groups is 1. The van der Waals surface area contributed by atoms with Crippen molar-refractivity contribution in [2.24, 2.45) is 5.73 Å². The summed E-state index contributed by atoms with van der Waals surface area (Å²) in [5.41, 5.74) is 8.97. The fourth-order valence-electron chi connectivity index (χ4n) is 1.75. The fourth-order valence-corrected chi connectivity index (χ4v) is 1.75. The van der Waals surface area contributed by atoms with Gasteiger partial charge in [0.05, 0.1) is 17.9 Å². The molecular weight excluding hydrogens is 240 g/mol. The third kappa shape index (κ3) is 3.17. The van der Waals surface area contributed by atoms with E-state index in [1.54, 1.807) is 25.3 Å². The normalized spacial score (nSPS) is 10.2. The molecule has 98 valence electrons. The lowest BCUT2D eigenvalue weighted by Crippen LogP contribution is -2.04. The monoisotopic (exact) mass is 256 g/mol. The van der Waals surface area contributed by atoms with E-state index in [2.05, 4.69) is 4.98 Å². The highest BCUT2D eigenvalue weighted by molar-refractivity contribution is 5.89. The Balaban J connectivity index is 2.24. The van der Waals surface area contributed by atoms with E-state index in [0.29, 0.717) is 18.7 Å². The maximum absolute atomic E-state index is 11.5. The van der Waals surface area contributed by atoms with Crippen molar-refractivity contribution in [2.75, 3.05) is 6.61 Å². The van der Waals surface area contributed by atoms with Gasteiger partial charge < -0.3 is 10.5 Å². The van der Waals surface area contributed by atoms with Crippen molar-refractivity contribution in [3.8, 4) is 11.3 Å². The van der Waals surface area contributed by atoms with Gasteiger partial charge >= 0.3 is 5.97 Å². The Hall–Kier alpha value is -2.20. The molecule has 19 heavy (non-hydrogen) atoms. The number of esters is 1. The van der Waals surface area contributed by atoms with Gasteiger partial charge in [-0.3, -0.25) is 4.98 Å². The van der Waals surface area contributed by atoms with Crippen LogP contribution in [0, 0.1) is 0 Å². The van der Waals surface area contributed by atoms with Gasteiger partial charge in [0, 0.05) is 18.3 Å². The molecule has 0 unspecified atom stereocenters. The Bertz CT molecular complexity index is 565. The van der Waals surface area contributed by atoms with Crippen LogP contribution >= 0.6 is 0 Å². The van der Waals surface area contributed by atoms with E-state index in [9.17, 15) is 4.79 Å². The lowest BCUT2D eigenvalue weighted by Gasteiger charge is -2.05. The van der Waals surface area contributed by atoms with Crippen LogP contribution in [0.1, 0.15) is 22.8 Å². The highest BCUT2D eigenvalue weighted by Gasteiger charge is 2.07. The van der Waals surface area contributed by atoms with Gasteiger partial charge in [-0.05, 0) is 36.8 Å². The van der Waals surface area contributed by atoms with Gasteiger partial charge in [0.15, 0.2) is 0 Å². The summed E-state index contributed by atoms with van der Waals surface area (Å²) in [6.45, 7) is 2.64. The molecule has 2 rings (SSSR count). The van der Waals surface area contributed by atoms with Crippen LogP contribution in [0.2, 0.25) is 0 Å². The zero-order chi connectivity index (χ0) is 13.7. The quantitative estimate of drug-likeness (QED) is 0.853. The van der Waals surface area contributed by atoms with Crippen LogP contribution in [0.25, 0.3) is 11.3 Å². The second kappa shape index (κ2) is 6.11. The molecule has 0 aliphatic heterocycles. The average molecular weight is 256 g/mol. The molecule has 0 radical (unpaired) electrons. The Morgan fingerprint density at radius 3 is 2.63 bits per heavy atom. The molecule has 2 aromatic rings. The van der Waals surface area contributed by atoms with Crippen molar-refractivity contribution >= 4 is 5.97 Å². The number of pyridine rings is 1. The van der Waals surface area contributed by atoms with E-state index >= 15 is 0 Å². The summed E-state index contributed by atoms with van der Waals surface area (Å²) in [6, 6.07) is 11.0. The number of aromatic nitrogens is 1. The first-order valence-corrected chi connectivity index (χ1v) is 6.17. The van der Waals surface area contributed by atoms with E-state index in [1.165, 1.54) is 0 Å². The molecule has 0 aliphatic rings. The summed E-state index contributed by atoms with van der Waals surface area (Å²) in [6.07, 6.45) is 1.73. The first kappa shape index (κ1) is 13.2. The van der Waals surface area contributed by atoms with Gasteiger partial charge in [0.1, 0.15) is 0 Å². The van der Waals surface area contributed by atoms with Gasteiger partial charge in [-0.15, -0.1) is 0 Å². The highest BCUT2D eigenvalue weighted by atomic mass is 16.5. The molecule has 1 heterocycles. The van der Waals surface area contributed by atoms with Crippen molar-refractivity contribution in [1.82, 2.24) is 4.98 Å². The Kier molecular flexibility index (Phi) is 4.26. The summed E-state index contributed by atoms with van der Waals surface area (Å²) >= 11 is 0. The SMILES string of the molecule is CCOC(=O)c1ccc(-c2cc(CN)ccn2)cc1. The standard InChI is InChI=1S/C15H16N2O2/c1-2-19-15(18)13-5-3-12(4-6-13)14-9-11(10-16)7-8-17-14/h3-9H,2,10,16H2,1H3. The molecule has 1 aromatic carbocycles. The Morgan fingerprint density at radius 1 is 1.26 bits per heavy atom. The van der Waals surface area contributed by atoms with Gasteiger partial charge in [-0.2, -0.15) is 0 Å². The predicted octanol–water partition coefficient (Wildman–Crippen LogP) is 2.38. The van der Waals surface area contributed by atoms with Crippen LogP contribution in [0.4, 0.5) is 0 Å². The summed E-state index contributed by atoms with van der Waals surface area (Å²) in [7, 11) is 0. The highest BCUT2D eigenvalue weighted by Crippen LogP contribution is 2.18. The summed E-state index contributed by atoms with van der Waals surface area (Å²) in [5, 5.41) is 0. The summed E-state index contributed by atoms with van der Waals surface area (Å²) in [4.78, 5) is 15.8. The first-order chi connectivity index (χ1) is 9.24. The zero-order valence-electron chi connectivity index (χ0n) is 10.8. The lowest BCUT2D eigenvalue weighted by atomic mass is 10.1. The second-order valence-corrected chi connectivity index (χ2v) is 4.05. The minimum Gasteiger partial charge on any atom is -0.462 e. The van der Waals surface area contributed by atoms with E-state index in [4.69, 9.17) is 10.5 Å². The number of nitrogens with two attached hydrogens (primary N) is 1. The van der Waals surface area contributed by atoms with Gasteiger partial charge in [-0.25, -0.2) is 4.79 Å². The number of benzene rings is 1. The van der Waals surface area contributed by atoms with Gasteiger partial charge in [0.2, 0.25) is 0 Å². The Labute approximate surface area is 112 Å². The topological polar surface area (TPSA) is 65.2 Å². The molecule has 0 aliphatic carbocycles. The predicted molar refractivity (Wildman–Crippen MR) is 73.5 cm³/mol. The molecule has 0 atom stereocenters. The molecule has 1 aromatic heterocycles. The van der Waals surface area contributed by atoms with Crippen molar-refractivity contribution in [3.63, 3.8) is 0 Å². The molecule has 2 N–H and O–H groups in total. The number of carbonyl (C=O) groups excluding carboxylic acids is 1. The average Bonchev–Trinajstić information content (AvgIpc) is 2.48. The number of ether oxygens (including phenoxy) is 1. The summed E-state index contributed by atoms with van der Waals surface area (Å²) < 4.78 is 4.94. The minimum absolute atomic E-state index is 0.308. The number of nitrogens with zero attached hydrogens (tertiary/aromatic N) is 1. The molecule has 0 saturated carbocycles. The smallest absolute Gasteiger partial charge is 0.338 e.